The molecule has 0 aliphatic carbocycles. The largest absolute Gasteiger partial charge is 0.304 e. The van der Waals surface area contributed by atoms with E-state index in [0.29, 0.717) is 6.04 Å². The fourth-order valence-corrected chi connectivity index (χ4v) is 3.43. The Labute approximate surface area is 129 Å². The third-order valence-electron chi connectivity index (χ3n) is 4.15. The van der Waals surface area contributed by atoms with Gasteiger partial charge in [0.25, 0.3) is 0 Å². The van der Waals surface area contributed by atoms with E-state index in [9.17, 15) is 0 Å². The Kier molecular flexibility index (Phi) is 5.57. The monoisotopic (exact) mass is 344 g/mol. The molecule has 0 radical (unpaired) electrons. The molecule has 0 bridgehead atoms. The number of hydrogen-bond donors (Lipinski definition) is 2. The molecule has 0 saturated carbocycles. The number of hydrogen-bond acceptors (Lipinski definition) is 5. The molecular formula is C13H25BrN6. The Morgan fingerprint density at radius 3 is 2.90 bits per heavy atom. The standard InChI is InChI=1S/C13H25BrN6/c1-4-20-13(11(14)8-16-20)12(17-15)7-10-9-18(2)5-6-19(10)3/h8,10,12,17H,4-7,9,15H2,1-3H3. The van der Waals surface area contributed by atoms with E-state index in [4.69, 9.17) is 5.84 Å². The highest BCUT2D eigenvalue weighted by Gasteiger charge is 2.28. The number of aryl methyl sites for hydroxylation is 1. The van der Waals surface area contributed by atoms with E-state index >= 15 is 0 Å². The maximum absolute atomic E-state index is 5.81. The quantitative estimate of drug-likeness (QED) is 0.611. The second-order valence-corrected chi connectivity index (χ2v) is 6.40. The SMILES string of the molecule is CCn1ncc(Br)c1C(CC1CN(C)CCN1C)NN. The van der Waals surface area contributed by atoms with Crippen LogP contribution in [0.2, 0.25) is 0 Å². The maximum atomic E-state index is 5.81. The first-order chi connectivity index (χ1) is 9.56. The second kappa shape index (κ2) is 7.00. The highest BCUT2D eigenvalue weighted by atomic mass is 79.9. The van der Waals surface area contributed by atoms with Gasteiger partial charge in [-0.25, -0.2) is 0 Å². The number of piperazine rings is 1. The van der Waals surface area contributed by atoms with Crippen molar-refractivity contribution in [1.82, 2.24) is 25.0 Å². The minimum atomic E-state index is 0.103. The summed E-state index contributed by atoms with van der Waals surface area (Å²) in [6, 6.07) is 0.604. The minimum absolute atomic E-state index is 0.103. The van der Waals surface area contributed by atoms with Gasteiger partial charge in [-0.1, -0.05) is 0 Å². The summed E-state index contributed by atoms with van der Waals surface area (Å²) in [4.78, 5) is 4.80. The predicted octanol–water partition coefficient (Wildman–Crippen LogP) is 0.806. The van der Waals surface area contributed by atoms with Crippen molar-refractivity contribution in [3.8, 4) is 0 Å². The van der Waals surface area contributed by atoms with Crippen molar-refractivity contribution in [1.29, 1.82) is 0 Å². The molecule has 7 heteroatoms. The summed E-state index contributed by atoms with van der Waals surface area (Å²) < 4.78 is 3.02. The normalized spacial score (nSPS) is 23.1. The first kappa shape index (κ1) is 15.9. The molecule has 0 aromatic carbocycles. The summed E-state index contributed by atoms with van der Waals surface area (Å²) in [6.45, 7) is 6.25. The van der Waals surface area contributed by atoms with E-state index in [-0.39, 0.29) is 6.04 Å². The average molecular weight is 345 g/mol. The van der Waals surface area contributed by atoms with Crippen molar-refractivity contribution in [2.24, 2.45) is 5.84 Å². The Morgan fingerprint density at radius 2 is 2.25 bits per heavy atom. The minimum Gasteiger partial charge on any atom is -0.304 e. The Hall–Kier alpha value is -0.470. The number of likely N-dealkylation sites (N-methyl/N-ethyl adjacent to an activating group) is 2. The van der Waals surface area contributed by atoms with E-state index in [1.165, 1.54) is 0 Å². The molecule has 6 nitrogen and oxygen atoms in total. The zero-order chi connectivity index (χ0) is 14.7. The Bertz CT molecular complexity index is 434. The molecule has 1 aliphatic heterocycles. The van der Waals surface area contributed by atoms with E-state index in [1.54, 1.807) is 0 Å². The molecule has 2 rings (SSSR count). The van der Waals surface area contributed by atoms with Crippen LogP contribution in [0.4, 0.5) is 0 Å². The molecule has 1 aromatic rings. The number of nitrogens with one attached hydrogen (secondary N) is 1. The predicted molar refractivity (Wildman–Crippen MR) is 84.2 cm³/mol. The van der Waals surface area contributed by atoms with Crippen LogP contribution < -0.4 is 11.3 Å². The van der Waals surface area contributed by atoms with Crippen LogP contribution in [0.1, 0.15) is 25.1 Å². The fourth-order valence-electron chi connectivity index (χ4n) is 2.86. The van der Waals surface area contributed by atoms with Crippen LogP contribution in [-0.2, 0) is 6.54 Å². The number of halogens is 1. The third-order valence-corrected chi connectivity index (χ3v) is 4.76. The topological polar surface area (TPSA) is 62.4 Å². The van der Waals surface area contributed by atoms with Crippen molar-refractivity contribution in [2.75, 3.05) is 33.7 Å². The number of aromatic nitrogens is 2. The van der Waals surface area contributed by atoms with Gasteiger partial charge in [0.1, 0.15) is 0 Å². The average Bonchev–Trinajstić information content (AvgIpc) is 2.81. The molecule has 20 heavy (non-hydrogen) atoms. The van der Waals surface area contributed by atoms with E-state index in [0.717, 1.165) is 42.8 Å². The molecule has 2 unspecified atom stereocenters. The van der Waals surface area contributed by atoms with Gasteiger partial charge in [0.2, 0.25) is 0 Å². The summed E-state index contributed by atoms with van der Waals surface area (Å²) >= 11 is 3.59. The van der Waals surface area contributed by atoms with Crippen molar-refractivity contribution in [3.63, 3.8) is 0 Å². The highest BCUT2D eigenvalue weighted by Crippen LogP contribution is 2.27. The lowest BCUT2D eigenvalue weighted by Gasteiger charge is -2.39. The van der Waals surface area contributed by atoms with Crippen LogP contribution in [0.15, 0.2) is 10.7 Å². The van der Waals surface area contributed by atoms with Gasteiger partial charge < -0.3 is 9.80 Å². The van der Waals surface area contributed by atoms with E-state index in [1.807, 2.05) is 10.9 Å². The molecule has 1 saturated heterocycles. The van der Waals surface area contributed by atoms with E-state index in [2.05, 4.69) is 57.3 Å². The van der Waals surface area contributed by atoms with Crippen molar-refractivity contribution < 1.29 is 0 Å². The molecule has 114 valence electrons. The third kappa shape index (κ3) is 3.40. The van der Waals surface area contributed by atoms with Gasteiger partial charge in [0.05, 0.1) is 22.4 Å². The molecule has 0 spiro atoms. The zero-order valence-electron chi connectivity index (χ0n) is 12.5. The smallest absolute Gasteiger partial charge is 0.0709 e. The summed E-state index contributed by atoms with van der Waals surface area (Å²) in [7, 11) is 4.37. The molecule has 1 aromatic heterocycles. The maximum Gasteiger partial charge on any atom is 0.0709 e. The van der Waals surface area contributed by atoms with Crippen LogP contribution in [0.5, 0.6) is 0 Å². The highest BCUT2D eigenvalue weighted by molar-refractivity contribution is 9.10. The van der Waals surface area contributed by atoms with Crippen LogP contribution in [0, 0.1) is 0 Å². The lowest BCUT2D eigenvalue weighted by Crippen LogP contribution is -2.51. The van der Waals surface area contributed by atoms with Crippen molar-refractivity contribution in [2.45, 2.75) is 32.0 Å². The van der Waals surface area contributed by atoms with Gasteiger partial charge in [-0.2, -0.15) is 5.10 Å². The summed E-state index contributed by atoms with van der Waals surface area (Å²) in [5, 5.41) is 4.38. The molecule has 2 atom stereocenters. The van der Waals surface area contributed by atoms with Crippen molar-refractivity contribution in [3.05, 3.63) is 16.4 Å². The molecule has 0 amide bonds. The Balaban J connectivity index is 2.14. The Morgan fingerprint density at radius 1 is 1.50 bits per heavy atom. The second-order valence-electron chi connectivity index (χ2n) is 5.55. The van der Waals surface area contributed by atoms with Gasteiger partial charge in [-0.15, -0.1) is 0 Å². The summed E-state index contributed by atoms with van der Waals surface area (Å²) in [6.07, 6.45) is 2.82. The molecular weight excluding hydrogens is 320 g/mol. The van der Waals surface area contributed by atoms with Gasteiger partial charge in [0.15, 0.2) is 0 Å². The van der Waals surface area contributed by atoms with Gasteiger partial charge in [0, 0.05) is 32.2 Å². The summed E-state index contributed by atoms with van der Waals surface area (Å²) in [5.41, 5.74) is 4.10. The van der Waals surface area contributed by atoms with Crippen LogP contribution in [0.3, 0.4) is 0 Å². The molecule has 2 heterocycles. The molecule has 1 fully saturated rings. The van der Waals surface area contributed by atoms with Crippen molar-refractivity contribution >= 4 is 15.9 Å². The van der Waals surface area contributed by atoms with Gasteiger partial charge in [-0.3, -0.25) is 16.0 Å². The number of nitrogens with zero attached hydrogens (tertiary/aromatic N) is 4. The fraction of sp³-hybridized carbons (Fsp3) is 0.769. The van der Waals surface area contributed by atoms with E-state index < -0.39 is 0 Å². The van der Waals surface area contributed by atoms with Crippen LogP contribution >= 0.6 is 15.9 Å². The number of hydrazine groups is 1. The first-order valence-corrected chi connectivity index (χ1v) is 7.92. The zero-order valence-corrected chi connectivity index (χ0v) is 14.1. The van der Waals surface area contributed by atoms with Gasteiger partial charge >= 0.3 is 0 Å². The van der Waals surface area contributed by atoms with Crippen LogP contribution in [0.25, 0.3) is 0 Å². The molecule has 3 N–H and O–H groups in total. The lowest BCUT2D eigenvalue weighted by molar-refractivity contribution is 0.100. The summed E-state index contributed by atoms with van der Waals surface area (Å²) in [5.74, 6) is 5.81. The van der Waals surface area contributed by atoms with Gasteiger partial charge in [-0.05, 0) is 43.4 Å². The molecule has 1 aliphatic rings. The number of rotatable bonds is 5. The number of nitrogens with two attached hydrogens (primary N) is 1. The van der Waals surface area contributed by atoms with Crippen LogP contribution in [-0.4, -0.2) is 59.4 Å². The lowest BCUT2D eigenvalue weighted by atomic mass is 10.0. The first-order valence-electron chi connectivity index (χ1n) is 7.12.